The average molecular weight is 395 g/mol. The fraction of sp³-hybridized carbons (Fsp3) is 0.348. The van der Waals surface area contributed by atoms with E-state index >= 15 is 0 Å². The van der Waals surface area contributed by atoms with Gasteiger partial charge >= 0.3 is 5.97 Å². The van der Waals surface area contributed by atoms with Crippen LogP contribution < -0.4 is 11.5 Å². The third-order valence-corrected chi connectivity index (χ3v) is 7.25. The van der Waals surface area contributed by atoms with E-state index in [2.05, 4.69) is 24.3 Å². The summed E-state index contributed by atoms with van der Waals surface area (Å²) in [5.74, 6) is -0.662. The van der Waals surface area contributed by atoms with Crippen molar-refractivity contribution >= 4 is 39.6 Å². The van der Waals surface area contributed by atoms with Crippen molar-refractivity contribution in [3.05, 3.63) is 57.5 Å². The first-order valence-electron chi connectivity index (χ1n) is 9.81. The van der Waals surface area contributed by atoms with Crippen LogP contribution in [0.3, 0.4) is 0 Å². The highest BCUT2D eigenvalue weighted by Gasteiger charge is 2.52. The van der Waals surface area contributed by atoms with Crippen LogP contribution in [-0.4, -0.2) is 11.1 Å². The summed E-state index contributed by atoms with van der Waals surface area (Å²) in [4.78, 5) is 12.6. The minimum absolute atomic E-state index is 0.558. The van der Waals surface area contributed by atoms with Gasteiger partial charge in [-0.1, -0.05) is 42.0 Å². The van der Waals surface area contributed by atoms with Gasteiger partial charge in [0.2, 0.25) is 0 Å². The maximum Gasteiger partial charge on any atom is 0.313 e. The lowest BCUT2D eigenvalue weighted by atomic mass is 9.82. The van der Waals surface area contributed by atoms with Crippen molar-refractivity contribution in [3.8, 4) is 0 Å². The molecule has 4 nitrogen and oxygen atoms in total. The number of carboxylic acid groups (broad SMARTS) is 1. The Bertz CT molecular complexity index is 984. The lowest BCUT2D eigenvalue weighted by Crippen LogP contribution is -2.18. The van der Waals surface area contributed by atoms with Gasteiger partial charge in [-0.25, -0.2) is 0 Å². The topological polar surface area (TPSA) is 89.3 Å². The van der Waals surface area contributed by atoms with Crippen LogP contribution in [0.15, 0.2) is 47.1 Å². The van der Waals surface area contributed by atoms with Crippen LogP contribution in [-0.2, 0) is 4.79 Å². The summed E-state index contributed by atoms with van der Waals surface area (Å²) in [5.41, 5.74) is 18.6. The second kappa shape index (κ2) is 7.13. The highest BCUT2D eigenvalue weighted by atomic mass is 32.1. The van der Waals surface area contributed by atoms with Crippen LogP contribution in [0.2, 0.25) is 0 Å². The van der Waals surface area contributed by atoms with Crippen molar-refractivity contribution in [2.45, 2.75) is 45.4 Å². The molecule has 0 amide bonds. The number of nitrogen functional groups attached to an aromatic ring is 2. The highest BCUT2D eigenvalue weighted by Crippen LogP contribution is 2.54. The molecule has 0 radical (unpaired) electrons. The number of rotatable bonds is 5. The third kappa shape index (κ3) is 3.14. The largest absolute Gasteiger partial charge is 0.481 e. The molecule has 0 unspecified atom stereocenters. The molecule has 0 aromatic carbocycles. The number of thiophene rings is 1. The van der Waals surface area contributed by atoms with Gasteiger partial charge in [0.15, 0.2) is 0 Å². The summed E-state index contributed by atoms with van der Waals surface area (Å²) in [6.07, 6.45) is 17.7. The normalized spacial score (nSPS) is 21.0. The summed E-state index contributed by atoms with van der Waals surface area (Å²) in [6.45, 7) is 1.96. The van der Waals surface area contributed by atoms with Crippen molar-refractivity contribution in [3.63, 3.8) is 0 Å². The predicted molar refractivity (Wildman–Crippen MR) is 118 cm³/mol. The molecule has 0 saturated heterocycles. The number of carbonyl (C=O) groups is 1. The van der Waals surface area contributed by atoms with Gasteiger partial charge in [-0.2, -0.15) is 0 Å². The van der Waals surface area contributed by atoms with E-state index in [0.717, 1.165) is 65.2 Å². The number of carboxylic acids is 1. The van der Waals surface area contributed by atoms with E-state index in [1.54, 1.807) is 11.3 Å². The van der Waals surface area contributed by atoms with Crippen LogP contribution in [0.4, 0.5) is 10.7 Å². The van der Waals surface area contributed by atoms with Crippen LogP contribution in [0.25, 0.3) is 11.6 Å². The zero-order chi connectivity index (χ0) is 19.9. The lowest BCUT2D eigenvalue weighted by molar-refractivity contribution is -0.141. The molecule has 1 aromatic heterocycles. The summed E-state index contributed by atoms with van der Waals surface area (Å²) >= 11 is 1.56. The molecule has 3 aliphatic rings. The van der Waals surface area contributed by atoms with Crippen LogP contribution in [0.1, 0.15) is 55.9 Å². The molecule has 1 heterocycles. The molecular weight excluding hydrogens is 368 g/mol. The molecule has 1 fully saturated rings. The summed E-state index contributed by atoms with van der Waals surface area (Å²) < 4.78 is 0. The number of hydrogen-bond donors (Lipinski definition) is 3. The Labute approximate surface area is 169 Å². The molecule has 0 atom stereocenters. The van der Waals surface area contributed by atoms with Gasteiger partial charge in [-0.15, -0.1) is 11.3 Å². The highest BCUT2D eigenvalue weighted by molar-refractivity contribution is 7.17. The second-order valence-electron chi connectivity index (χ2n) is 7.78. The standard InChI is InChI=1S/C23H26N2O2S/c1-2-3-18-19(24)20(28-21(18)25)16-6-4-14(5-7-16)15-8-10-17(11-9-15)23(12-13-23)22(26)27/h2-4,6,8,10H,5,7,9,11-13,24-25H2,1H3,(H,26,27). The van der Waals surface area contributed by atoms with Gasteiger partial charge in [-0.3, -0.25) is 4.79 Å². The summed E-state index contributed by atoms with van der Waals surface area (Å²) in [6, 6.07) is 0. The van der Waals surface area contributed by atoms with Gasteiger partial charge < -0.3 is 16.6 Å². The fourth-order valence-corrected chi connectivity index (χ4v) is 5.28. The average Bonchev–Trinajstić information content (AvgIpc) is 3.47. The van der Waals surface area contributed by atoms with Crippen LogP contribution in [0, 0.1) is 5.41 Å². The van der Waals surface area contributed by atoms with Crippen molar-refractivity contribution < 1.29 is 9.90 Å². The number of hydrogen-bond acceptors (Lipinski definition) is 4. The molecular formula is C23H26N2O2S. The number of allylic oxidation sites excluding steroid dienone is 8. The monoisotopic (exact) mass is 394 g/mol. The molecule has 5 N–H and O–H groups in total. The van der Waals surface area contributed by atoms with E-state index in [1.165, 1.54) is 16.7 Å². The second-order valence-corrected chi connectivity index (χ2v) is 8.83. The Morgan fingerprint density at radius 1 is 1.04 bits per heavy atom. The molecule has 3 aliphatic carbocycles. The molecule has 5 heteroatoms. The minimum atomic E-state index is -0.662. The third-order valence-electron chi connectivity index (χ3n) is 6.12. The first-order chi connectivity index (χ1) is 13.5. The molecule has 1 saturated carbocycles. The molecule has 0 bridgehead atoms. The quantitative estimate of drug-likeness (QED) is 0.610. The Morgan fingerprint density at radius 2 is 1.64 bits per heavy atom. The van der Waals surface area contributed by atoms with E-state index in [0.29, 0.717) is 0 Å². The Balaban J connectivity index is 1.55. The van der Waals surface area contributed by atoms with Crippen LogP contribution >= 0.6 is 11.3 Å². The number of anilines is 2. The van der Waals surface area contributed by atoms with E-state index in [4.69, 9.17) is 11.5 Å². The molecule has 0 aliphatic heterocycles. The Morgan fingerprint density at radius 3 is 2.14 bits per heavy atom. The molecule has 1 aromatic rings. The molecule has 0 spiro atoms. The smallest absolute Gasteiger partial charge is 0.313 e. The molecule has 146 valence electrons. The van der Waals surface area contributed by atoms with Gasteiger partial charge in [0.1, 0.15) is 0 Å². The predicted octanol–water partition coefficient (Wildman–Crippen LogP) is 5.56. The van der Waals surface area contributed by atoms with E-state index < -0.39 is 11.4 Å². The first-order valence-corrected chi connectivity index (χ1v) is 10.6. The van der Waals surface area contributed by atoms with Gasteiger partial charge in [-0.05, 0) is 62.2 Å². The fourth-order valence-electron chi connectivity index (χ4n) is 4.25. The molecule has 28 heavy (non-hydrogen) atoms. The summed E-state index contributed by atoms with van der Waals surface area (Å²) in [7, 11) is 0. The van der Waals surface area contributed by atoms with Gasteiger partial charge in [0.25, 0.3) is 0 Å². The first kappa shape index (κ1) is 18.8. The van der Waals surface area contributed by atoms with Crippen molar-refractivity contribution in [2.75, 3.05) is 11.5 Å². The molecule has 4 rings (SSSR count). The van der Waals surface area contributed by atoms with Crippen molar-refractivity contribution in [2.24, 2.45) is 5.41 Å². The van der Waals surface area contributed by atoms with E-state index in [-0.39, 0.29) is 0 Å². The summed E-state index contributed by atoms with van der Waals surface area (Å²) in [5, 5.41) is 10.2. The SMILES string of the molecule is CC=Cc1c(N)sc(C2=CC=C(C3=CC=C(C4(C(=O)O)CC4)CC3)CC2)c1N. The van der Waals surface area contributed by atoms with Crippen molar-refractivity contribution in [1.29, 1.82) is 0 Å². The van der Waals surface area contributed by atoms with Crippen LogP contribution in [0.5, 0.6) is 0 Å². The lowest BCUT2D eigenvalue weighted by Gasteiger charge is -2.22. The van der Waals surface area contributed by atoms with E-state index in [1.807, 2.05) is 19.1 Å². The Hall–Kier alpha value is -2.53. The maximum atomic E-state index is 11.5. The minimum Gasteiger partial charge on any atom is -0.481 e. The van der Waals surface area contributed by atoms with E-state index in [9.17, 15) is 9.90 Å². The Kier molecular flexibility index (Phi) is 4.79. The number of aliphatic carboxylic acids is 1. The maximum absolute atomic E-state index is 11.5. The number of nitrogens with two attached hydrogens (primary N) is 2. The van der Waals surface area contributed by atoms with Gasteiger partial charge in [0.05, 0.1) is 21.0 Å². The zero-order valence-electron chi connectivity index (χ0n) is 16.1. The zero-order valence-corrected chi connectivity index (χ0v) is 16.9. The van der Waals surface area contributed by atoms with Gasteiger partial charge in [0, 0.05) is 5.56 Å². The van der Waals surface area contributed by atoms with Crippen molar-refractivity contribution in [1.82, 2.24) is 0 Å².